The lowest BCUT2D eigenvalue weighted by atomic mass is 10.4. The minimum atomic E-state index is -3.51. The fourth-order valence-corrected chi connectivity index (χ4v) is 2.14. The van der Waals surface area contributed by atoms with Crippen LogP contribution in [0.15, 0.2) is 17.6 Å². The first-order valence-electron chi connectivity index (χ1n) is 4.16. The first kappa shape index (κ1) is 14.4. The highest BCUT2D eigenvalue weighted by atomic mass is 35.5. The summed E-state index contributed by atoms with van der Waals surface area (Å²) in [6.07, 6.45) is 2.87. The Balaban J connectivity index is 0.00000196. The first-order valence-corrected chi connectivity index (χ1v) is 5.64. The Labute approximate surface area is 95.3 Å². The van der Waals surface area contributed by atoms with Crippen LogP contribution >= 0.6 is 12.4 Å². The van der Waals surface area contributed by atoms with Crippen LogP contribution in [0, 0.1) is 0 Å². The number of nitrogens with two attached hydrogens (primary N) is 1. The van der Waals surface area contributed by atoms with Crippen LogP contribution in [0.5, 0.6) is 0 Å². The smallest absolute Gasteiger partial charge is 0.259 e. The Morgan fingerprint density at radius 3 is 2.67 bits per heavy atom. The normalized spacial score (nSPS) is 13.3. The third kappa shape index (κ3) is 3.78. The molecule has 0 aliphatic heterocycles. The Morgan fingerprint density at radius 2 is 2.27 bits per heavy atom. The monoisotopic (exact) mass is 254 g/mol. The van der Waals surface area contributed by atoms with Gasteiger partial charge < -0.3 is 10.3 Å². The van der Waals surface area contributed by atoms with Crippen LogP contribution in [0.1, 0.15) is 6.92 Å². The first-order chi connectivity index (χ1) is 6.45. The highest BCUT2D eigenvalue weighted by Crippen LogP contribution is 2.04. The molecular formula is C7H15ClN4O2S. The van der Waals surface area contributed by atoms with Gasteiger partial charge in [-0.25, -0.2) is 18.1 Å². The highest BCUT2D eigenvalue weighted by Gasteiger charge is 2.18. The maximum Gasteiger partial charge on any atom is 0.259 e. The number of sulfonamides is 1. The van der Waals surface area contributed by atoms with E-state index in [1.165, 1.54) is 12.5 Å². The van der Waals surface area contributed by atoms with Crippen molar-refractivity contribution in [3.05, 3.63) is 12.5 Å². The number of nitrogens with zero attached hydrogens (tertiary/aromatic N) is 2. The van der Waals surface area contributed by atoms with Gasteiger partial charge in [0.05, 0.1) is 6.33 Å². The summed E-state index contributed by atoms with van der Waals surface area (Å²) in [5, 5.41) is 0.0142. The maximum atomic E-state index is 11.6. The Bertz CT molecular complexity index is 403. The van der Waals surface area contributed by atoms with E-state index in [0.29, 0.717) is 0 Å². The van der Waals surface area contributed by atoms with Gasteiger partial charge in [-0.15, -0.1) is 12.4 Å². The molecule has 0 aliphatic carbocycles. The molecule has 0 fully saturated rings. The summed E-state index contributed by atoms with van der Waals surface area (Å²) >= 11 is 0. The molecule has 15 heavy (non-hydrogen) atoms. The SMILES string of the molecule is C[C@H](CN)NS(=O)(=O)c1cn(C)cn1.Cl. The van der Waals surface area contributed by atoms with E-state index in [2.05, 4.69) is 9.71 Å². The van der Waals surface area contributed by atoms with Gasteiger partial charge in [-0.3, -0.25) is 0 Å². The number of hydrogen-bond donors (Lipinski definition) is 2. The van der Waals surface area contributed by atoms with Crippen molar-refractivity contribution < 1.29 is 8.42 Å². The van der Waals surface area contributed by atoms with Gasteiger partial charge in [0.1, 0.15) is 0 Å². The molecule has 0 aliphatic rings. The molecule has 0 saturated heterocycles. The van der Waals surface area contributed by atoms with Gasteiger partial charge in [0.15, 0.2) is 5.03 Å². The molecule has 3 N–H and O–H groups in total. The van der Waals surface area contributed by atoms with Gasteiger partial charge in [0.25, 0.3) is 10.0 Å². The van der Waals surface area contributed by atoms with E-state index in [4.69, 9.17) is 5.73 Å². The number of imidazole rings is 1. The predicted molar refractivity (Wildman–Crippen MR) is 59.3 cm³/mol. The standard InChI is InChI=1S/C7H14N4O2S.ClH/c1-6(3-8)10-14(12,13)7-4-11(2)5-9-7;/h4-6,10H,3,8H2,1-2H3;1H/t6-;/m1./s1. The summed E-state index contributed by atoms with van der Waals surface area (Å²) in [7, 11) is -1.81. The van der Waals surface area contributed by atoms with Crippen LogP contribution in [0.3, 0.4) is 0 Å². The van der Waals surface area contributed by atoms with Gasteiger partial charge in [-0.2, -0.15) is 0 Å². The summed E-state index contributed by atoms with van der Waals surface area (Å²) in [4.78, 5) is 3.75. The van der Waals surface area contributed by atoms with Crippen molar-refractivity contribution in [2.45, 2.75) is 18.0 Å². The Morgan fingerprint density at radius 1 is 1.67 bits per heavy atom. The van der Waals surface area contributed by atoms with Gasteiger partial charge in [0.2, 0.25) is 0 Å². The zero-order chi connectivity index (χ0) is 10.8. The average Bonchev–Trinajstić information content (AvgIpc) is 2.51. The molecule has 1 atom stereocenters. The second kappa shape index (κ2) is 5.45. The molecule has 88 valence electrons. The molecular weight excluding hydrogens is 240 g/mol. The van der Waals surface area contributed by atoms with E-state index in [1.807, 2.05) is 0 Å². The summed E-state index contributed by atoms with van der Waals surface area (Å²) in [5.74, 6) is 0. The van der Waals surface area contributed by atoms with E-state index in [1.54, 1.807) is 18.5 Å². The third-order valence-corrected chi connectivity index (χ3v) is 3.14. The number of nitrogens with one attached hydrogen (secondary N) is 1. The van der Waals surface area contributed by atoms with E-state index < -0.39 is 10.0 Å². The van der Waals surface area contributed by atoms with Crippen molar-refractivity contribution in [3.8, 4) is 0 Å². The second-order valence-electron chi connectivity index (χ2n) is 3.14. The van der Waals surface area contributed by atoms with Crippen molar-refractivity contribution in [3.63, 3.8) is 0 Å². The molecule has 1 rings (SSSR count). The number of hydrogen-bond acceptors (Lipinski definition) is 4. The van der Waals surface area contributed by atoms with Gasteiger partial charge in [-0.05, 0) is 6.92 Å². The van der Waals surface area contributed by atoms with Crippen molar-refractivity contribution in [1.82, 2.24) is 14.3 Å². The predicted octanol–water partition coefficient (Wildman–Crippen LogP) is -0.533. The molecule has 6 nitrogen and oxygen atoms in total. The molecule has 0 aromatic carbocycles. The molecule has 0 amide bonds. The number of halogens is 1. The van der Waals surface area contributed by atoms with Crippen LogP contribution in [-0.2, 0) is 17.1 Å². The van der Waals surface area contributed by atoms with E-state index in [-0.39, 0.29) is 30.0 Å². The molecule has 1 aromatic rings. The van der Waals surface area contributed by atoms with Crippen molar-refractivity contribution in [1.29, 1.82) is 0 Å². The summed E-state index contributed by atoms with van der Waals surface area (Å²) in [6.45, 7) is 1.95. The fraction of sp³-hybridized carbons (Fsp3) is 0.571. The second-order valence-corrected chi connectivity index (χ2v) is 4.80. The molecule has 0 unspecified atom stereocenters. The van der Waals surface area contributed by atoms with Crippen molar-refractivity contribution in [2.75, 3.05) is 6.54 Å². The van der Waals surface area contributed by atoms with E-state index >= 15 is 0 Å². The Kier molecular flexibility index (Phi) is 5.22. The third-order valence-electron chi connectivity index (χ3n) is 1.67. The topological polar surface area (TPSA) is 90.0 Å². The molecule has 1 heterocycles. The fourth-order valence-electron chi connectivity index (χ4n) is 0.901. The van der Waals surface area contributed by atoms with Crippen LogP contribution in [-0.4, -0.2) is 30.6 Å². The van der Waals surface area contributed by atoms with Crippen LogP contribution in [0.4, 0.5) is 0 Å². The molecule has 0 saturated carbocycles. The average molecular weight is 255 g/mol. The summed E-state index contributed by atoms with van der Waals surface area (Å²) in [6, 6.07) is -0.290. The molecule has 1 aromatic heterocycles. The quantitative estimate of drug-likeness (QED) is 0.756. The minimum absolute atomic E-state index is 0. The number of aromatic nitrogens is 2. The van der Waals surface area contributed by atoms with Crippen LogP contribution in [0.2, 0.25) is 0 Å². The zero-order valence-electron chi connectivity index (χ0n) is 8.54. The lowest BCUT2D eigenvalue weighted by molar-refractivity contribution is 0.559. The lowest BCUT2D eigenvalue weighted by Gasteiger charge is -2.09. The molecule has 0 spiro atoms. The molecule has 0 radical (unpaired) electrons. The van der Waals surface area contributed by atoms with Gasteiger partial charge >= 0.3 is 0 Å². The van der Waals surface area contributed by atoms with Gasteiger partial charge in [-0.1, -0.05) is 0 Å². The highest BCUT2D eigenvalue weighted by molar-refractivity contribution is 7.89. The number of rotatable bonds is 4. The largest absolute Gasteiger partial charge is 0.339 e. The molecule has 8 heteroatoms. The molecule has 0 bridgehead atoms. The van der Waals surface area contributed by atoms with Crippen LogP contribution < -0.4 is 10.5 Å². The van der Waals surface area contributed by atoms with Crippen LogP contribution in [0.25, 0.3) is 0 Å². The Hall–Kier alpha value is -0.630. The minimum Gasteiger partial charge on any atom is -0.339 e. The van der Waals surface area contributed by atoms with Gasteiger partial charge in [0, 0.05) is 25.8 Å². The van der Waals surface area contributed by atoms with E-state index in [9.17, 15) is 8.42 Å². The zero-order valence-corrected chi connectivity index (χ0v) is 10.2. The maximum absolute atomic E-state index is 11.6. The van der Waals surface area contributed by atoms with Crippen molar-refractivity contribution in [2.24, 2.45) is 12.8 Å². The lowest BCUT2D eigenvalue weighted by Crippen LogP contribution is -2.37. The summed E-state index contributed by atoms with van der Waals surface area (Å²) < 4.78 is 27.1. The number of aryl methyl sites for hydroxylation is 1. The van der Waals surface area contributed by atoms with Crippen molar-refractivity contribution >= 4 is 22.4 Å². The summed E-state index contributed by atoms with van der Waals surface area (Å²) in [5.41, 5.74) is 5.31. The van der Waals surface area contributed by atoms with E-state index in [0.717, 1.165) is 0 Å².